The van der Waals surface area contributed by atoms with Crippen molar-refractivity contribution in [2.45, 2.75) is 55.7 Å². The van der Waals surface area contributed by atoms with Crippen LogP contribution in [0.25, 0.3) is 11.1 Å². The van der Waals surface area contributed by atoms with Crippen molar-refractivity contribution in [3.8, 4) is 17.2 Å². The fourth-order valence-electron chi connectivity index (χ4n) is 6.51. The van der Waals surface area contributed by atoms with Crippen molar-refractivity contribution in [2.75, 3.05) is 6.61 Å². The summed E-state index contributed by atoms with van der Waals surface area (Å²) in [5.41, 5.74) is 5.64. The van der Waals surface area contributed by atoms with Gasteiger partial charge in [-0.05, 0) is 65.6 Å². The molecule has 0 spiro atoms. The lowest BCUT2D eigenvalue weighted by Crippen LogP contribution is -2.54. The molecule has 3 aromatic carbocycles. The molecule has 3 aliphatic rings. The minimum Gasteiger partial charge on any atom is -0.448 e. The standard InChI is InChI=1S/C30H28N2O3/c31-18-21-11-9-20(10-12-21)15-30(34)16-22-13-14-23(17-30)32(22)29(33)35-19-28-26-7-3-1-5-24(26)25-6-2-4-8-27(25)28/h1-12,22-23,28,34H,13-17,19H2. The van der Waals surface area contributed by atoms with E-state index in [-0.39, 0.29) is 24.1 Å². The maximum absolute atomic E-state index is 13.3. The molecule has 176 valence electrons. The molecule has 6 rings (SSSR count). The maximum Gasteiger partial charge on any atom is 0.410 e. The lowest BCUT2D eigenvalue weighted by Gasteiger charge is -2.43. The first-order valence-corrected chi connectivity index (χ1v) is 12.4. The average molecular weight is 465 g/mol. The first-order chi connectivity index (χ1) is 17.0. The Morgan fingerprint density at radius 3 is 2.09 bits per heavy atom. The average Bonchev–Trinajstić information content (AvgIpc) is 3.35. The summed E-state index contributed by atoms with van der Waals surface area (Å²) in [4.78, 5) is 15.2. The number of rotatable bonds is 4. The van der Waals surface area contributed by atoms with Crippen molar-refractivity contribution in [2.24, 2.45) is 0 Å². The minimum absolute atomic E-state index is 0.00668. The number of carbonyl (C=O) groups is 1. The van der Waals surface area contributed by atoms with Gasteiger partial charge in [-0.1, -0.05) is 60.7 Å². The Labute approximate surface area is 205 Å². The van der Waals surface area contributed by atoms with Gasteiger partial charge in [0.25, 0.3) is 0 Å². The molecular formula is C30H28N2O3. The van der Waals surface area contributed by atoms with Gasteiger partial charge in [0.15, 0.2) is 0 Å². The van der Waals surface area contributed by atoms with Crippen molar-refractivity contribution in [1.82, 2.24) is 4.90 Å². The van der Waals surface area contributed by atoms with Crippen LogP contribution in [0.5, 0.6) is 0 Å². The molecule has 1 N–H and O–H groups in total. The Kier molecular flexibility index (Phi) is 5.35. The van der Waals surface area contributed by atoms with Gasteiger partial charge >= 0.3 is 6.09 Å². The highest BCUT2D eigenvalue weighted by Gasteiger charge is 2.50. The Morgan fingerprint density at radius 2 is 1.51 bits per heavy atom. The van der Waals surface area contributed by atoms with E-state index >= 15 is 0 Å². The van der Waals surface area contributed by atoms with E-state index < -0.39 is 5.60 Å². The molecule has 2 unspecified atom stereocenters. The molecule has 1 amide bonds. The Hall–Kier alpha value is -3.62. The zero-order valence-corrected chi connectivity index (χ0v) is 19.6. The lowest BCUT2D eigenvalue weighted by atomic mass is 9.81. The van der Waals surface area contributed by atoms with Crippen LogP contribution in [0.2, 0.25) is 0 Å². The van der Waals surface area contributed by atoms with Crippen LogP contribution in [-0.4, -0.2) is 40.4 Å². The van der Waals surface area contributed by atoms with Gasteiger partial charge in [0, 0.05) is 24.4 Å². The third-order valence-corrected chi connectivity index (χ3v) is 8.01. The van der Waals surface area contributed by atoms with Crippen LogP contribution >= 0.6 is 0 Å². The van der Waals surface area contributed by atoms with E-state index in [1.807, 2.05) is 29.2 Å². The minimum atomic E-state index is -0.847. The van der Waals surface area contributed by atoms with Gasteiger partial charge in [0.2, 0.25) is 0 Å². The van der Waals surface area contributed by atoms with E-state index in [1.54, 1.807) is 12.1 Å². The number of piperidine rings is 1. The van der Waals surface area contributed by atoms with Crippen LogP contribution in [0.1, 0.15) is 53.9 Å². The first-order valence-electron chi connectivity index (χ1n) is 12.4. The summed E-state index contributed by atoms with van der Waals surface area (Å²) in [6.45, 7) is 0.318. The van der Waals surface area contributed by atoms with Gasteiger partial charge in [-0.25, -0.2) is 4.79 Å². The number of amides is 1. The highest BCUT2D eigenvalue weighted by atomic mass is 16.6. The number of carbonyl (C=O) groups excluding carboxylic acids is 1. The zero-order valence-electron chi connectivity index (χ0n) is 19.6. The molecule has 2 heterocycles. The van der Waals surface area contributed by atoms with Crippen molar-refractivity contribution < 1.29 is 14.6 Å². The molecular weight excluding hydrogens is 436 g/mol. The molecule has 2 fully saturated rings. The summed E-state index contributed by atoms with van der Waals surface area (Å²) < 4.78 is 5.95. The van der Waals surface area contributed by atoms with Crippen LogP contribution in [0, 0.1) is 11.3 Å². The van der Waals surface area contributed by atoms with E-state index in [0.29, 0.717) is 31.4 Å². The van der Waals surface area contributed by atoms with E-state index in [0.717, 1.165) is 18.4 Å². The van der Waals surface area contributed by atoms with Gasteiger partial charge in [-0.2, -0.15) is 5.26 Å². The highest BCUT2D eigenvalue weighted by molar-refractivity contribution is 5.79. The SMILES string of the molecule is N#Cc1ccc(CC2(O)CC3CCC(C2)N3C(=O)OCC2c3ccccc3-c3ccccc32)cc1. The van der Waals surface area contributed by atoms with E-state index in [4.69, 9.17) is 10.00 Å². The second-order valence-electron chi connectivity index (χ2n) is 10.2. The van der Waals surface area contributed by atoms with E-state index in [9.17, 15) is 9.90 Å². The van der Waals surface area contributed by atoms with Gasteiger partial charge in [0.05, 0.1) is 17.2 Å². The monoisotopic (exact) mass is 464 g/mol. The predicted octanol–water partition coefficient (Wildman–Crippen LogP) is 5.41. The van der Waals surface area contributed by atoms with Crippen LogP contribution < -0.4 is 0 Å². The molecule has 5 nitrogen and oxygen atoms in total. The molecule has 1 aliphatic carbocycles. The van der Waals surface area contributed by atoms with Crippen LogP contribution in [-0.2, 0) is 11.2 Å². The summed E-state index contributed by atoms with van der Waals surface area (Å²) in [7, 11) is 0. The third-order valence-electron chi connectivity index (χ3n) is 8.01. The van der Waals surface area contributed by atoms with Crippen LogP contribution in [0.4, 0.5) is 4.79 Å². The van der Waals surface area contributed by atoms with Crippen LogP contribution in [0.15, 0.2) is 72.8 Å². The van der Waals surface area contributed by atoms with Gasteiger partial charge in [0.1, 0.15) is 6.61 Å². The lowest BCUT2D eigenvalue weighted by molar-refractivity contribution is -0.0479. The number of fused-ring (bicyclic) bond motifs is 5. The van der Waals surface area contributed by atoms with Gasteiger partial charge in [-0.15, -0.1) is 0 Å². The first kappa shape index (κ1) is 21.9. The smallest absolute Gasteiger partial charge is 0.410 e. The maximum atomic E-state index is 13.3. The largest absolute Gasteiger partial charge is 0.448 e. The molecule has 2 saturated heterocycles. The van der Waals surface area contributed by atoms with Gasteiger partial charge in [-0.3, -0.25) is 0 Å². The normalized spacial score (nSPS) is 24.5. The van der Waals surface area contributed by atoms with Crippen molar-refractivity contribution in [3.63, 3.8) is 0 Å². The van der Waals surface area contributed by atoms with Gasteiger partial charge < -0.3 is 14.7 Å². The molecule has 2 aliphatic heterocycles. The Bertz CT molecular complexity index is 1250. The molecule has 5 heteroatoms. The quantitative estimate of drug-likeness (QED) is 0.560. The fourth-order valence-corrected chi connectivity index (χ4v) is 6.51. The van der Waals surface area contributed by atoms with Crippen molar-refractivity contribution in [1.29, 1.82) is 5.26 Å². The topological polar surface area (TPSA) is 73.6 Å². The van der Waals surface area contributed by atoms with Crippen LogP contribution in [0.3, 0.4) is 0 Å². The summed E-state index contributed by atoms with van der Waals surface area (Å²) in [6, 6.07) is 26.2. The second-order valence-corrected chi connectivity index (χ2v) is 10.2. The summed E-state index contributed by atoms with van der Waals surface area (Å²) in [5, 5.41) is 20.4. The van der Waals surface area contributed by atoms with E-state index in [2.05, 4.69) is 42.5 Å². The fraction of sp³-hybridized carbons (Fsp3) is 0.333. The van der Waals surface area contributed by atoms with E-state index in [1.165, 1.54) is 22.3 Å². The number of hydrogen-bond donors (Lipinski definition) is 1. The Morgan fingerprint density at radius 1 is 0.943 bits per heavy atom. The highest BCUT2D eigenvalue weighted by Crippen LogP contribution is 2.46. The number of nitriles is 1. The number of hydrogen-bond acceptors (Lipinski definition) is 4. The molecule has 0 radical (unpaired) electrons. The Balaban J connectivity index is 1.14. The molecule has 2 bridgehead atoms. The molecule has 0 aromatic heterocycles. The summed E-state index contributed by atoms with van der Waals surface area (Å²) >= 11 is 0. The number of aliphatic hydroxyl groups is 1. The molecule has 0 saturated carbocycles. The predicted molar refractivity (Wildman–Crippen MR) is 133 cm³/mol. The molecule has 2 atom stereocenters. The summed E-state index contributed by atoms with van der Waals surface area (Å²) in [5.74, 6) is 0.0436. The number of ether oxygens (including phenoxy) is 1. The molecule has 3 aromatic rings. The van der Waals surface area contributed by atoms with Crippen molar-refractivity contribution >= 4 is 6.09 Å². The molecule has 35 heavy (non-hydrogen) atoms. The number of benzene rings is 3. The zero-order chi connectivity index (χ0) is 24.0. The third kappa shape index (κ3) is 3.88. The summed E-state index contributed by atoms with van der Waals surface area (Å²) in [6.07, 6.45) is 3.15. The van der Waals surface area contributed by atoms with Crippen molar-refractivity contribution in [3.05, 3.63) is 95.1 Å². The second kappa shape index (κ2) is 8.55. The number of nitrogens with zero attached hydrogens (tertiary/aromatic N) is 2.